The van der Waals surface area contributed by atoms with E-state index < -0.39 is 5.54 Å². The van der Waals surface area contributed by atoms with Gasteiger partial charge in [0.15, 0.2) is 0 Å². The zero-order valence-corrected chi connectivity index (χ0v) is 10.7. The highest BCUT2D eigenvalue weighted by Gasteiger charge is 2.27. The van der Waals surface area contributed by atoms with Gasteiger partial charge in [-0.25, -0.2) is 0 Å². The van der Waals surface area contributed by atoms with E-state index in [4.69, 9.17) is 18.0 Å². The molecule has 0 amide bonds. The highest BCUT2D eigenvalue weighted by atomic mass is 32.1. The molecule has 16 heavy (non-hydrogen) atoms. The minimum absolute atomic E-state index is 0.0293. The van der Waals surface area contributed by atoms with Crippen molar-refractivity contribution in [2.75, 3.05) is 0 Å². The van der Waals surface area contributed by atoms with Gasteiger partial charge in [-0.15, -0.1) is 0 Å². The van der Waals surface area contributed by atoms with Crippen LogP contribution in [0.1, 0.15) is 13.8 Å². The molecule has 84 valence electrons. The standard InChI is InChI=1S/C11H12N2OS2/c1-11(2,10(12)15)13-9(14)7-5-3-4-6-8(7)16-13/h3-6H,1-2H3,(H2,12,15). The second-order valence-corrected chi connectivity index (χ2v) is 5.54. The first-order valence-electron chi connectivity index (χ1n) is 4.86. The number of aromatic nitrogens is 1. The molecule has 0 aliphatic carbocycles. The van der Waals surface area contributed by atoms with Crippen molar-refractivity contribution in [1.29, 1.82) is 0 Å². The third-order valence-electron chi connectivity index (χ3n) is 2.60. The lowest BCUT2D eigenvalue weighted by molar-refractivity contribution is 0.523. The Kier molecular flexibility index (Phi) is 2.59. The number of hydrogen-bond acceptors (Lipinski definition) is 3. The molecule has 2 rings (SSSR count). The molecule has 0 aliphatic rings. The fraction of sp³-hybridized carbons (Fsp3) is 0.273. The van der Waals surface area contributed by atoms with Gasteiger partial charge in [0.25, 0.3) is 5.56 Å². The maximum atomic E-state index is 12.1. The fourth-order valence-corrected chi connectivity index (χ4v) is 2.69. The number of thiocarbonyl (C=S) groups is 1. The molecule has 2 N–H and O–H groups in total. The summed E-state index contributed by atoms with van der Waals surface area (Å²) >= 11 is 6.40. The molecular formula is C11H12N2OS2. The van der Waals surface area contributed by atoms with Crippen molar-refractivity contribution >= 4 is 38.8 Å². The fourth-order valence-electron chi connectivity index (χ4n) is 1.44. The van der Waals surface area contributed by atoms with Gasteiger partial charge in [0.05, 0.1) is 15.1 Å². The number of nitrogens with zero attached hydrogens (tertiary/aromatic N) is 1. The summed E-state index contributed by atoms with van der Waals surface area (Å²) in [6.45, 7) is 3.71. The Morgan fingerprint density at radius 3 is 2.62 bits per heavy atom. The lowest BCUT2D eigenvalue weighted by Crippen LogP contribution is -2.43. The van der Waals surface area contributed by atoms with Crippen molar-refractivity contribution in [1.82, 2.24) is 3.96 Å². The first-order valence-corrected chi connectivity index (χ1v) is 6.04. The van der Waals surface area contributed by atoms with Crippen LogP contribution in [0.2, 0.25) is 0 Å². The molecule has 0 radical (unpaired) electrons. The van der Waals surface area contributed by atoms with Crippen molar-refractivity contribution in [3.8, 4) is 0 Å². The van der Waals surface area contributed by atoms with Crippen LogP contribution in [0.3, 0.4) is 0 Å². The average Bonchev–Trinajstić information content (AvgIpc) is 2.57. The minimum Gasteiger partial charge on any atom is -0.391 e. The molecule has 0 aliphatic heterocycles. The van der Waals surface area contributed by atoms with Crippen molar-refractivity contribution < 1.29 is 0 Å². The van der Waals surface area contributed by atoms with Crippen LogP contribution in [0.25, 0.3) is 10.1 Å². The Morgan fingerprint density at radius 1 is 1.44 bits per heavy atom. The molecule has 2 aromatic rings. The first kappa shape index (κ1) is 11.3. The molecule has 1 aromatic carbocycles. The second kappa shape index (κ2) is 3.68. The van der Waals surface area contributed by atoms with Crippen LogP contribution in [0.5, 0.6) is 0 Å². The molecule has 1 aromatic heterocycles. The van der Waals surface area contributed by atoms with Crippen molar-refractivity contribution in [3.63, 3.8) is 0 Å². The van der Waals surface area contributed by atoms with Gasteiger partial charge in [0.1, 0.15) is 5.54 Å². The lowest BCUT2D eigenvalue weighted by atomic mass is 10.1. The summed E-state index contributed by atoms with van der Waals surface area (Å²) in [7, 11) is 0. The smallest absolute Gasteiger partial charge is 0.269 e. The van der Waals surface area contributed by atoms with Gasteiger partial charge < -0.3 is 5.73 Å². The summed E-state index contributed by atoms with van der Waals surface area (Å²) in [5.74, 6) is 0. The van der Waals surface area contributed by atoms with Gasteiger partial charge in [0, 0.05) is 0 Å². The van der Waals surface area contributed by atoms with Crippen LogP contribution in [-0.4, -0.2) is 8.95 Å². The van der Waals surface area contributed by atoms with Crippen molar-refractivity contribution in [2.24, 2.45) is 5.73 Å². The van der Waals surface area contributed by atoms with E-state index in [0.717, 1.165) is 10.1 Å². The number of hydrogen-bond donors (Lipinski definition) is 1. The Labute approximate surface area is 103 Å². The maximum Gasteiger partial charge on any atom is 0.269 e. The van der Waals surface area contributed by atoms with Gasteiger partial charge in [-0.05, 0) is 26.0 Å². The van der Waals surface area contributed by atoms with E-state index in [2.05, 4.69) is 0 Å². The van der Waals surface area contributed by atoms with E-state index in [-0.39, 0.29) is 5.56 Å². The molecular weight excluding hydrogens is 240 g/mol. The molecule has 1 heterocycles. The summed E-state index contributed by atoms with van der Waals surface area (Å²) in [6.07, 6.45) is 0. The third kappa shape index (κ3) is 1.56. The Bertz CT molecular complexity index is 610. The van der Waals surface area contributed by atoms with Crippen LogP contribution >= 0.6 is 23.8 Å². The summed E-state index contributed by atoms with van der Waals surface area (Å²) in [4.78, 5) is 12.5. The Balaban J connectivity index is 2.76. The molecule has 0 saturated carbocycles. The monoisotopic (exact) mass is 252 g/mol. The first-order chi connectivity index (χ1) is 7.44. The van der Waals surface area contributed by atoms with Crippen LogP contribution in [-0.2, 0) is 5.54 Å². The highest BCUT2D eigenvalue weighted by molar-refractivity contribution is 7.80. The van der Waals surface area contributed by atoms with Gasteiger partial charge in [-0.2, -0.15) is 0 Å². The van der Waals surface area contributed by atoms with Crippen molar-refractivity contribution in [2.45, 2.75) is 19.4 Å². The largest absolute Gasteiger partial charge is 0.391 e. The summed E-state index contributed by atoms with van der Waals surface area (Å²) < 4.78 is 2.59. The van der Waals surface area contributed by atoms with Gasteiger partial charge in [-0.1, -0.05) is 35.9 Å². The zero-order chi connectivity index (χ0) is 11.9. The van der Waals surface area contributed by atoms with Crippen LogP contribution in [0.15, 0.2) is 29.1 Å². The molecule has 3 nitrogen and oxygen atoms in total. The lowest BCUT2D eigenvalue weighted by Gasteiger charge is -2.22. The van der Waals surface area contributed by atoms with E-state index in [1.807, 2.05) is 38.1 Å². The normalized spacial score (nSPS) is 11.9. The molecule has 0 spiro atoms. The highest BCUT2D eigenvalue weighted by Crippen LogP contribution is 2.23. The Morgan fingerprint density at radius 2 is 2.06 bits per heavy atom. The van der Waals surface area contributed by atoms with Crippen molar-refractivity contribution in [3.05, 3.63) is 34.6 Å². The predicted molar refractivity (Wildman–Crippen MR) is 72.2 cm³/mol. The molecule has 0 fully saturated rings. The Hall–Kier alpha value is -1.20. The quantitative estimate of drug-likeness (QED) is 0.833. The van der Waals surface area contributed by atoms with Gasteiger partial charge >= 0.3 is 0 Å². The molecule has 0 bridgehead atoms. The van der Waals surface area contributed by atoms with E-state index in [1.165, 1.54) is 11.5 Å². The summed E-state index contributed by atoms with van der Waals surface area (Å²) in [5.41, 5.74) is 5.03. The molecule has 0 saturated heterocycles. The van der Waals surface area contributed by atoms with E-state index in [0.29, 0.717) is 4.99 Å². The molecule has 0 atom stereocenters. The summed E-state index contributed by atoms with van der Waals surface area (Å²) in [6, 6.07) is 7.51. The number of nitrogens with two attached hydrogens (primary N) is 1. The van der Waals surface area contributed by atoms with Gasteiger partial charge in [0.2, 0.25) is 0 Å². The van der Waals surface area contributed by atoms with Gasteiger partial charge in [-0.3, -0.25) is 8.75 Å². The topological polar surface area (TPSA) is 48.0 Å². The zero-order valence-electron chi connectivity index (χ0n) is 9.06. The average molecular weight is 252 g/mol. The predicted octanol–water partition coefficient (Wildman–Crippen LogP) is 2.08. The van der Waals surface area contributed by atoms with Crippen LogP contribution < -0.4 is 11.3 Å². The number of fused-ring (bicyclic) bond motifs is 1. The van der Waals surface area contributed by atoms with Crippen LogP contribution in [0, 0.1) is 0 Å². The minimum atomic E-state index is -0.615. The van der Waals surface area contributed by atoms with E-state index in [9.17, 15) is 4.79 Å². The second-order valence-electron chi connectivity index (χ2n) is 4.11. The third-order valence-corrected chi connectivity index (χ3v) is 4.46. The molecule has 5 heteroatoms. The number of benzene rings is 1. The number of rotatable bonds is 2. The SMILES string of the molecule is CC(C)(C(N)=S)n1sc2ccccc2c1=O. The van der Waals surface area contributed by atoms with E-state index in [1.54, 1.807) is 3.96 Å². The van der Waals surface area contributed by atoms with E-state index >= 15 is 0 Å². The van der Waals surface area contributed by atoms with Crippen LogP contribution in [0.4, 0.5) is 0 Å². The summed E-state index contributed by atoms with van der Waals surface area (Å²) in [5, 5.41) is 0.719. The molecule has 0 unspecified atom stereocenters. The maximum absolute atomic E-state index is 12.1.